The van der Waals surface area contributed by atoms with Crippen LogP contribution in [0.4, 0.5) is 0 Å². The van der Waals surface area contributed by atoms with Gasteiger partial charge in [-0.05, 0) is 6.42 Å². The van der Waals surface area contributed by atoms with Crippen LogP contribution in [0.3, 0.4) is 0 Å². The van der Waals surface area contributed by atoms with Crippen LogP contribution in [-0.2, 0) is 0 Å². The van der Waals surface area contributed by atoms with E-state index in [0.717, 1.165) is 12.8 Å². The van der Waals surface area contributed by atoms with Gasteiger partial charge in [-0.25, -0.2) is 0 Å². The number of aliphatic hydroxyl groups excluding tert-OH is 2. The maximum Gasteiger partial charge on any atom is 0.0886 e. The van der Waals surface area contributed by atoms with Gasteiger partial charge in [-0.1, -0.05) is 64.7 Å². The minimum atomic E-state index is -0.660. The van der Waals surface area contributed by atoms with Crippen LogP contribution in [0.2, 0.25) is 0 Å². The van der Waals surface area contributed by atoms with Crippen LogP contribution < -0.4 is 0 Å². The second kappa shape index (κ2) is 12.7. The fourth-order valence-electron chi connectivity index (χ4n) is 1.98. The number of rotatable bonds is 12. The van der Waals surface area contributed by atoms with Gasteiger partial charge in [0, 0.05) is 5.25 Å². The van der Waals surface area contributed by atoms with Gasteiger partial charge in [-0.2, -0.15) is 12.6 Å². The molecule has 0 aliphatic heterocycles. The van der Waals surface area contributed by atoms with Gasteiger partial charge in [0.15, 0.2) is 0 Å². The summed E-state index contributed by atoms with van der Waals surface area (Å²) in [7, 11) is 0. The van der Waals surface area contributed by atoms with Gasteiger partial charge in [0.05, 0.1) is 12.7 Å². The largest absolute Gasteiger partial charge is 0.394 e. The third-order valence-electron chi connectivity index (χ3n) is 3.23. The van der Waals surface area contributed by atoms with E-state index in [2.05, 4.69) is 19.6 Å². The summed E-state index contributed by atoms with van der Waals surface area (Å²) < 4.78 is 0. The topological polar surface area (TPSA) is 40.5 Å². The molecule has 0 aromatic carbocycles. The average molecular weight is 262 g/mol. The molecule has 2 atom stereocenters. The Labute approximate surface area is 112 Å². The van der Waals surface area contributed by atoms with Crippen LogP contribution in [0.1, 0.15) is 71.1 Å². The van der Waals surface area contributed by atoms with Crippen LogP contribution in [0.15, 0.2) is 0 Å². The smallest absolute Gasteiger partial charge is 0.0886 e. The molecule has 0 heterocycles. The van der Waals surface area contributed by atoms with Crippen molar-refractivity contribution in [2.75, 3.05) is 6.61 Å². The molecule has 2 N–H and O–H groups in total. The second-order valence-electron chi connectivity index (χ2n) is 4.93. The molecule has 3 heteroatoms. The average Bonchev–Trinajstić information content (AvgIpc) is 2.35. The lowest BCUT2D eigenvalue weighted by Gasteiger charge is -2.15. The lowest BCUT2D eigenvalue weighted by molar-refractivity contribution is 0.0912. The molecule has 0 saturated carbocycles. The summed E-state index contributed by atoms with van der Waals surface area (Å²) in [6, 6.07) is 0. The van der Waals surface area contributed by atoms with E-state index in [4.69, 9.17) is 5.11 Å². The molecule has 0 radical (unpaired) electrons. The summed E-state index contributed by atoms with van der Waals surface area (Å²) in [6.07, 6.45) is 12.0. The number of hydrogen-bond acceptors (Lipinski definition) is 3. The summed E-state index contributed by atoms with van der Waals surface area (Å²) in [6.45, 7) is 2.07. The molecular weight excluding hydrogens is 232 g/mol. The normalized spacial score (nSPS) is 14.8. The number of unbranched alkanes of at least 4 members (excludes halogenated alkanes) is 8. The van der Waals surface area contributed by atoms with Crippen molar-refractivity contribution in [2.45, 2.75) is 82.5 Å². The predicted octanol–water partition coefficient (Wildman–Crippen LogP) is 3.56. The van der Waals surface area contributed by atoms with Crippen molar-refractivity contribution < 1.29 is 10.2 Å². The summed E-state index contributed by atoms with van der Waals surface area (Å²) >= 11 is 4.28. The van der Waals surface area contributed by atoms with E-state index in [-0.39, 0.29) is 11.9 Å². The van der Waals surface area contributed by atoms with E-state index in [1.165, 1.54) is 51.4 Å². The Balaban J connectivity index is 3.13. The van der Waals surface area contributed by atoms with Crippen molar-refractivity contribution in [3.63, 3.8) is 0 Å². The first-order chi connectivity index (χ1) is 8.22. The Morgan fingerprint density at radius 3 is 1.82 bits per heavy atom. The molecule has 0 fully saturated rings. The lowest BCUT2D eigenvalue weighted by Crippen LogP contribution is -2.24. The Morgan fingerprint density at radius 2 is 1.35 bits per heavy atom. The summed E-state index contributed by atoms with van der Waals surface area (Å²) in [5.41, 5.74) is 0. The van der Waals surface area contributed by atoms with Crippen molar-refractivity contribution in [2.24, 2.45) is 0 Å². The fraction of sp³-hybridized carbons (Fsp3) is 1.00. The monoisotopic (exact) mass is 262 g/mol. The Morgan fingerprint density at radius 1 is 0.882 bits per heavy atom. The molecule has 17 heavy (non-hydrogen) atoms. The van der Waals surface area contributed by atoms with Gasteiger partial charge in [-0.3, -0.25) is 0 Å². The maximum atomic E-state index is 9.32. The van der Waals surface area contributed by atoms with E-state index < -0.39 is 6.10 Å². The van der Waals surface area contributed by atoms with Gasteiger partial charge >= 0.3 is 0 Å². The Hall–Kier alpha value is 0.270. The number of thiol groups is 1. The van der Waals surface area contributed by atoms with Gasteiger partial charge < -0.3 is 10.2 Å². The van der Waals surface area contributed by atoms with Gasteiger partial charge in [0.25, 0.3) is 0 Å². The van der Waals surface area contributed by atoms with Crippen molar-refractivity contribution in [3.8, 4) is 0 Å². The van der Waals surface area contributed by atoms with E-state index in [9.17, 15) is 5.11 Å². The molecule has 0 rings (SSSR count). The highest BCUT2D eigenvalue weighted by molar-refractivity contribution is 7.81. The molecule has 0 amide bonds. The molecule has 2 unspecified atom stereocenters. The van der Waals surface area contributed by atoms with E-state index in [1.807, 2.05) is 0 Å². The zero-order valence-electron chi connectivity index (χ0n) is 11.3. The van der Waals surface area contributed by atoms with Crippen molar-refractivity contribution in [1.29, 1.82) is 0 Å². The lowest BCUT2D eigenvalue weighted by atomic mass is 10.0. The molecule has 0 saturated heterocycles. The first-order valence-corrected chi connectivity index (χ1v) is 7.71. The zero-order chi connectivity index (χ0) is 12.9. The minimum Gasteiger partial charge on any atom is -0.394 e. The van der Waals surface area contributed by atoms with E-state index in [1.54, 1.807) is 0 Å². The molecular formula is C14H30O2S. The van der Waals surface area contributed by atoms with Gasteiger partial charge in [0.2, 0.25) is 0 Å². The fourth-order valence-corrected chi connectivity index (χ4v) is 2.26. The van der Waals surface area contributed by atoms with Crippen molar-refractivity contribution >= 4 is 12.6 Å². The van der Waals surface area contributed by atoms with Crippen LogP contribution in [0, 0.1) is 0 Å². The SMILES string of the molecule is CCCCCCCCCCCC(S)C(O)CO. The van der Waals surface area contributed by atoms with Crippen molar-refractivity contribution in [1.82, 2.24) is 0 Å². The number of hydrogen-bond donors (Lipinski definition) is 3. The third-order valence-corrected chi connectivity index (χ3v) is 3.84. The molecule has 2 nitrogen and oxygen atoms in total. The summed E-state index contributed by atoms with van der Waals surface area (Å²) in [5, 5.41) is 18.0. The molecule has 0 spiro atoms. The van der Waals surface area contributed by atoms with Gasteiger partial charge in [-0.15, -0.1) is 0 Å². The molecule has 0 aromatic heterocycles. The minimum absolute atomic E-state index is 0.0652. The maximum absolute atomic E-state index is 9.32. The van der Waals surface area contributed by atoms with Crippen LogP contribution in [0.5, 0.6) is 0 Å². The second-order valence-corrected chi connectivity index (χ2v) is 5.60. The molecule has 0 aromatic rings. The molecule has 0 aliphatic carbocycles. The van der Waals surface area contributed by atoms with E-state index in [0.29, 0.717) is 0 Å². The van der Waals surface area contributed by atoms with E-state index >= 15 is 0 Å². The molecule has 0 bridgehead atoms. The highest BCUT2D eigenvalue weighted by Gasteiger charge is 2.12. The zero-order valence-corrected chi connectivity index (χ0v) is 12.2. The predicted molar refractivity (Wildman–Crippen MR) is 77.7 cm³/mol. The molecule has 104 valence electrons. The Bertz CT molecular complexity index is 153. The summed E-state index contributed by atoms with van der Waals surface area (Å²) in [4.78, 5) is 0. The van der Waals surface area contributed by atoms with Gasteiger partial charge in [0.1, 0.15) is 0 Å². The highest BCUT2D eigenvalue weighted by Crippen LogP contribution is 2.14. The Kier molecular flexibility index (Phi) is 12.9. The third kappa shape index (κ3) is 11.1. The van der Waals surface area contributed by atoms with Crippen LogP contribution in [0.25, 0.3) is 0 Å². The molecule has 0 aliphatic rings. The first kappa shape index (κ1) is 17.3. The first-order valence-electron chi connectivity index (χ1n) is 7.19. The quantitative estimate of drug-likeness (QED) is 0.372. The van der Waals surface area contributed by atoms with Crippen LogP contribution in [-0.4, -0.2) is 28.2 Å². The van der Waals surface area contributed by atoms with Crippen molar-refractivity contribution in [3.05, 3.63) is 0 Å². The van der Waals surface area contributed by atoms with Crippen LogP contribution >= 0.6 is 12.6 Å². The summed E-state index contributed by atoms with van der Waals surface area (Å²) in [5.74, 6) is 0. The highest BCUT2D eigenvalue weighted by atomic mass is 32.1. The number of aliphatic hydroxyl groups is 2. The standard InChI is InChI=1S/C14H30O2S/c1-2-3-4-5-6-7-8-9-10-11-14(17)13(16)12-15/h13-17H,2-12H2,1H3.